The van der Waals surface area contributed by atoms with Gasteiger partial charge in [0.05, 0.1) is 0 Å². The minimum Gasteiger partial charge on any atom is -0.488 e. The molecule has 0 spiro atoms. The number of halogens is 1. The molecule has 1 aromatic carbocycles. The van der Waals surface area contributed by atoms with E-state index in [1.165, 1.54) is 12.1 Å². The van der Waals surface area contributed by atoms with Crippen LogP contribution in [0.15, 0.2) is 30.5 Å². The lowest BCUT2D eigenvalue weighted by atomic mass is 10.0. The number of nitrogens with two attached hydrogens (primary N) is 1. The van der Waals surface area contributed by atoms with E-state index >= 15 is 0 Å². The van der Waals surface area contributed by atoms with Crippen LogP contribution in [0.4, 0.5) is 10.2 Å². The molecule has 0 radical (unpaired) electrons. The molecular formula is C18H18FN3O2. The van der Waals surface area contributed by atoms with Crippen LogP contribution < -0.4 is 15.8 Å². The first-order valence-electron chi connectivity index (χ1n) is 8.10. The van der Waals surface area contributed by atoms with Crippen molar-refractivity contribution in [2.75, 3.05) is 11.9 Å². The third kappa shape index (κ3) is 2.85. The summed E-state index contributed by atoms with van der Waals surface area (Å²) in [5.74, 6) is 1.000. The van der Waals surface area contributed by atoms with Crippen molar-refractivity contribution in [1.82, 2.24) is 4.98 Å². The van der Waals surface area contributed by atoms with Crippen LogP contribution in [-0.2, 0) is 11.2 Å². The molecule has 1 aliphatic heterocycles. The van der Waals surface area contributed by atoms with E-state index in [0.29, 0.717) is 30.1 Å². The molecule has 0 saturated heterocycles. The molecule has 124 valence electrons. The van der Waals surface area contributed by atoms with Crippen molar-refractivity contribution in [2.24, 2.45) is 11.7 Å². The van der Waals surface area contributed by atoms with Crippen molar-refractivity contribution in [3.05, 3.63) is 41.8 Å². The number of aromatic nitrogens is 1. The lowest BCUT2D eigenvalue weighted by Crippen LogP contribution is -2.24. The number of fused-ring (bicyclic) bond motifs is 1. The Morgan fingerprint density at radius 2 is 2.21 bits per heavy atom. The zero-order chi connectivity index (χ0) is 16.7. The fraction of sp³-hybridized carbons (Fsp3) is 0.333. The SMILES string of the molecule is NC[C@@H]1Cc2cc(F)cc(-c3ccc(NC(=O)C4CC4)nc3)c2O1. The zero-order valence-corrected chi connectivity index (χ0v) is 13.1. The average Bonchev–Trinajstić information content (AvgIpc) is 3.35. The third-order valence-electron chi connectivity index (χ3n) is 4.40. The van der Waals surface area contributed by atoms with E-state index in [0.717, 1.165) is 24.0 Å². The van der Waals surface area contributed by atoms with Gasteiger partial charge in [-0.15, -0.1) is 0 Å². The second kappa shape index (κ2) is 5.87. The molecule has 0 bridgehead atoms. The van der Waals surface area contributed by atoms with Crippen LogP contribution in [0.2, 0.25) is 0 Å². The third-order valence-corrected chi connectivity index (χ3v) is 4.40. The molecule has 5 nitrogen and oxygen atoms in total. The molecular weight excluding hydrogens is 309 g/mol. The van der Waals surface area contributed by atoms with Gasteiger partial charge in [0.2, 0.25) is 5.91 Å². The van der Waals surface area contributed by atoms with Crippen LogP contribution in [0.25, 0.3) is 11.1 Å². The normalized spacial score (nSPS) is 18.8. The van der Waals surface area contributed by atoms with Crippen LogP contribution >= 0.6 is 0 Å². The number of hydrogen-bond donors (Lipinski definition) is 2. The molecule has 2 aromatic rings. The molecule has 6 heteroatoms. The Balaban J connectivity index is 1.61. The molecule has 1 aromatic heterocycles. The number of anilines is 1. The second-order valence-corrected chi connectivity index (χ2v) is 6.32. The lowest BCUT2D eigenvalue weighted by molar-refractivity contribution is -0.117. The van der Waals surface area contributed by atoms with Crippen LogP contribution in [0, 0.1) is 11.7 Å². The molecule has 2 aliphatic rings. The number of benzene rings is 1. The Morgan fingerprint density at radius 3 is 2.88 bits per heavy atom. The highest BCUT2D eigenvalue weighted by Crippen LogP contribution is 2.39. The fourth-order valence-corrected chi connectivity index (χ4v) is 2.94. The Hall–Kier alpha value is -2.47. The Morgan fingerprint density at radius 1 is 1.38 bits per heavy atom. The zero-order valence-electron chi connectivity index (χ0n) is 13.1. The van der Waals surface area contributed by atoms with Crippen LogP contribution in [0.3, 0.4) is 0 Å². The van der Waals surface area contributed by atoms with Gasteiger partial charge < -0.3 is 15.8 Å². The Bertz CT molecular complexity index is 788. The predicted molar refractivity (Wildman–Crippen MR) is 88.2 cm³/mol. The maximum absolute atomic E-state index is 13.9. The fourth-order valence-electron chi connectivity index (χ4n) is 2.94. The Labute approximate surface area is 139 Å². The summed E-state index contributed by atoms with van der Waals surface area (Å²) in [6.07, 6.45) is 4.00. The number of nitrogens with one attached hydrogen (secondary N) is 1. The van der Waals surface area contributed by atoms with Gasteiger partial charge in [-0.3, -0.25) is 4.79 Å². The number of nitrogens with zero attached hydrogens (tertiary/aromatic N) is 1. The van der Waals surface area contributed by atoms with Gasteiger partial charge in [0.1, 0.15) is 23.5 Å². The minimum atomic E-state index is -0.309. The summed E-state index contributed by atoms with van der Waals surface area (Å²) in [5, 5.41) is 2.79. The first-order chi connectivity index (χ1) is 11.6. The van der Waals surface area contributed by atoms with E-state index in [9.17, 15) is 9.18 Å². The van der Waals surface area contributed by atoms with Crippen molar-refractivity contribution in [3.8, 4) is 16.9 Å². The van der Waals surface area contributed by atoms with E-state index in [1.54, 1.807) is 12.3 Å². The van der Waals surface area contributed by atoms with E-state index in [-0.39, 0.29) is 23.7 Å². The summed E-state index contributed by atoms with van der Waals surface area (Å²) in [7, 11) is 0. The number of ether oxygens (including phenoxy) is 1. The topological polar surface area (TPSA) is 77.2 Å². The Kier molecular flexibility index (Phi) is 3.69. The van der Waals surface area contributed by atoms with Gasteiger partial charge in [-0.2, -0.15) is 0 Å². The highest BCUT2D eigenvalue weighted by Gasteiger charge is 2.30. The number of amides is 1. The molecule has 3 N–H and O–H groups in total. The number of carbonyl (C=O) groups excluding carboxylic acids is 1. The molecule has 1 aliphatic carbocycles. The smallest absolute Gasteiger partial charge is 0.228 e. The summed E-state index contributed by atoms with van der Waals surface area (Å²) in [4.78, 5) is 16.0. The van der Waals surface area contributed by atoms with Crippen molar-refractivity contribution in [1.29, 1.82) is 0 Å². The van der Waals surface area contributed by atoms with Gasteiger partial charge in [0, 0.05) is 41.8 Å². The van der Waals surface area contributed by atoms with E-state index in [2.05, 4.69) is 10.3 Å². The highest BCUT2D eigenvalue weighted by molar-refractivity contribution is 5.93. The average molecular weight is 327 g/mol. The second-order valence-electron chi connectivity index (χ2n) is 6.32. The quantitative estimate of drug-likeness (QED) is 0.904. The van der Waals surface area contributed by atoms with Gasteiger partial charge in [-0.05, 0) is 37.1 Å². The standard InChI is InChI=1S/C18H18FN3O2/c19-13-5-12-6-14(8-20)24-17(12)15(7-13)11-3-4-16(21-9-11)22-18(23)10-1-2-10/h3-5,7,9-10,14H,1-2,6,8,20H2,(H,21,22,23)/t14-/m0/s1. The molecule has 1 fully saturated rings. The summed E-state index contributed by atoms with van der Waals surface area (Å²) in [6, 6.07) is 6.47. The first kappa shape index (κ1) is 15.1. The number of carbonyl (C=O) groups is 1. The monoisotopic (exact) mass is 327 g/mol. The molecule has 0 unspecified atom stereocenters. The molecule has 1 atom stereocenters. The van der Waals surface area contributed by atoms with Gasteiger partial charge in [0.25, 0.3) is 0 Å². The van der Waals surface area contributed by atoms with Gasteiger partial charge in [0.15, 0.2) is 0 Å². The highest BCUT2D eigenvalue weighted by atomic mass is 19.1. The van der Waals surface area contributed by atoms with Crippen molar-refractivity contribution in [3.63, 3.8) is 0 Å². The van der Waals surface area contributed by atoms with Gasteiger partial charge in [-0.25, -0.2) is 9.37 Å². The summed E-state index contributed by atoms with van der Waals surface area (Å²) in [6.45, 7) is 0.389. The molecule has 2 heterocycles. The molecule has 24 heavy (non-hydrogen) atoms. The molecule has 4 rings (SSSR count). The summed E-state index contributed by atoms with van der Waals surface area (Å²) in [5.41, 5.74) is 7.89. The summed E-state index contributed by atoms with van der Waals surface area (Å²) >= 11 is 0. The lowest BCUT2D eigenvalue weighted by Gasteiger charge is -2.11. The van der Waals surface area contributed by atoms with Crippen LogP contribution in [-0.4, -0.2) is 23.5 Å². The van der Waals surface area contributed by atoms with Crippen LogP contribution in [0.1, 0.15) is 18.4 Å². The summed E-state index contributed by atoms with van der Waals surface area (Å²) < 4.78 is 19.8. The van der Waals surface area contributed by atoms with Crippen LogP contribution in [0.5, 0.6) is 5.75 Å². The van der Waals surface area contributed by atoms with Crippen molar-refractivity contribution >= 4 is 11.7 Å². The number of pyridine rings is 1. The van der Waals surface area contributed by atoms with Crippen molar-refractivity contribution in [2.45, 2.75) is 25.4 Å². The molecule has 1 amide bonds. The van der Waals surface area contributed by atoms with Crippen molar-refractivity contribution < 1.29 is 13.9 Å². The largest absolute Gasteiger partial charge is 0.488 e. The first-order valence-corrected chi connectivity index (χ1v) is 8.10. The maximum Gasteiger partial charge on any atom is 0.228 e. The van der Waals surface area contributed by atoms with E-state index < -0.39 is 0 Å². The molecule has 1 saturated carbocycles. The van der Waals surface area contributed by atoms with E-state index in [1.807, 2.05) is 6.07 Å². The maximum atomic E-state index is 13.9. The number of rotatable bonds is 4. The van der Waals surface area contributed by atoms with Gasteiger partial charge in [-0.1, -0.05) is 0 Å². The predicted octanol–water partition coefficient (Wildman–Crippen LogP) is 2.50. The van der Waals surface area contributed by atoms with E-state index in [4.69, 9.17) is 10.5 Å². The minimum absolute atomic E-state index is 0.0102. The number of hydrogen-bond acceptors (Lipinski definition) is 4. The van der Waals surface area contributed by atoms with Gasteiger partial charge >= 0.3 is 0 Å².